The van der Waals surface area contributed by atoms with E-state index in [1.807, 2.05) is 36.4 Å². The third-order valence-corrected chi connectivity index (χ3v) is 3.35. The van der Waals surface area contributed by atoms with Gasteiger partial charge in [0, 0.05) is 6.42 Å². The predicted octanol–water partition coefficient (Wildman–Crippen LogP) is 1.98. The van der Waals surface area contributed by atoms with Crippen molar-refractivity contribution < 1.29 is 19.2 Å². The maximum atomic E-state index is 10.9. The first-order chi connectivity index (χ1) is 8.05. The zero-order valence-corrected chi connectivity index (χ0v) is 9.83. The molecule has 0 fully saturated rings. The molecule has 2 N–H and O–H groups in total. The molecule has 0 spiro atoms. The average molecular weight is 253 g/mol. The van der Waals surface area contributed by atoms with E-state index in [1.54, 1.807) is 6.08 Å². The summed E-state index contributed by atoms with van der Waals surface area (Å²) in [5, 5.41) is 3.64. The molecule has 0 aromatic heterocycles. The molecule has 0 saturated carbocycles. The van der Waals surface area contributed by atoms with Crippen LogP contribution in [-0.4, -0.2) is 21.3 Å². The summed E-state index contributed by atoms with van der Waals surface area (Å²) < 4.78 is 10.9. The van der Waals surface area contributed by atoms with Crippen LogP contribution in [0.25, 0.3) is 6.08 Å². The van der Waals surface area contributed by atoms with Gasteiger partial charge in [0.05, 0.1) is 5.71 Å². The SMILES string of the molecule is O=P(O)(O)C1CC(C=Cc2ccccc2)=NO1. The Kier molecular flexibility index (Phi) is 3.43. The Morgan fingerprint density at radius 2 is 2.00 bits per heavy atom. The molecule has 1 unspecified atom stereocenters. The van der Waals surface area contributed by atoms with E-state index < -0.39 is 13.4 Å². The Labute approximate surface area is 98.6 Å². The van der Waals surface area contributed by atoms with Gasteiger partial charge in [-0.3, -0.25) is 4.57 Å². The van der Waals surface area contributed by atoms with Crippen molar-refractivity contribution in [1.29, 1.82) is 0 Å². The van der Waals surface area contributed by atoms with Crippen molar-refractivity contribution in [2.75, 3.05) is 0 Å². The lowest BCUT2D eigenvalue weighted by atomic mass is 10.2. The molecule has 1 aliphatic heterocycles. The molecule has 1 aromatic carbocycles. The Balaban J connectivity index is 1.99. The van der Waals surface area contributed by atoms with Crippen LogP contribution in [0.1, 0.15) is 12.0 Å². The van der Waals surface area contributed by atoms with E-state index in [2.05, 4.69) is 5.16 Å². The normalized spacial score (nSPS) is 20.4. The predicted molar refractivity (Wildman–Crippen MR) is 64.4 cm³/mol. The Morgan fingerprint density at radius 1 is 1.29 bits per heavy atom. The van der Waals surface area contributed by atoms with Crippen molar-refractivity contribution in [2.24, 2.45) is 5.16 Å². The van der Waals surface area contributed by atoms with E-state index in [0.29, 0.717) is 5.71 Å². The zero-order chi connectivity index (χ0) is 12.3. The lowest BCUT2D eigenvalue weighted by molar-refractivity contribution is 0.117. The highest BCUT2D eigenvalue weighted by Gasteiger charge is 2.35. The first-order valence-corrected chi connectivity index (χ1v) is 6.75. The van der Waals surface area contributed by atoms with Gasteiger partial charge in [-0.25, -0.2) is 0 Å². The number of hydrogen-bond acceptors (Lipinski definition) is 3. The van der Waals surface area contributed by atoms with Crippen LogP contribution in [-0.2, 0) is 9.40 Å². The molecular weight excluding hydrogens is 241 g/mol. The molecule has 1 aliphatic rings. The minimum Gasteiger partial charge on any atom is -0.379 e. The molecule has 1 atom stereocenters. The molecule has 0 amide bonds. The molecule has 1 aromatic rings. The van der Waals surface area contributed by atoms with Crippen molar-refractivity contribution in [1.82, 2.24) is 0 Å². The van der Waals surface area contributed by atoms with Crippen LogP contribution in [0.5, 0.6) is 0 Å². The average Bonchev–Trinajstić information content (AvgIpc) is 2.76. The van der Waals surface area contributed by atoms with E-state index in [9.17, 15) is 4.57 Å². The molecule has 0 aliphatic carbocycles. The zero-order valence-electron chi connectivity index (χ0n) is 8.93. The quantitative estimate of drug-likeness (QED) is 0.807. The minimum atomic E-state index is -4.22. The largest absolute Gasteiger partial charge is 0.379 e. The Morgan fingerprint density at radius 3 is 2.59 bits per heavy atom. The second kappa shape index (κ2) is 4.84. The maximum Gasteiger partial charge on any atom is 0.368 e. The van der Waals surface area contributed by atoms with Gasteiger partial charge in [-0.2, -0.15) is 0 Å². The molecule has 2 rings (SSSR count). The molecule has 1 heterocycles. The van der Waals surface area contributed by atoms with E-state index >= 15 is 0 Å². The summed E-state index contributed by atoms with van der Waals surface area (Å²) in [5.41, 5.74) is 1.53. The molecule has 90 valence electrons. The van der Waals surface area contributed by atoms with Gasteiger partial charge in [-0.1, -0.05) is 41.6 Å². The second-order valence-electron chi connectivity index (χ2n) is 3.68. The highest BCUT2D eigenvalue weighted by molar-refractivity contribution is 7.52. The third kappa shape index (κ3) is 3.27. The van der Waals surface area contributed by atoms with Gasteiger partial charge in [0.25, 0.3) is 0 Å². The number of allylic oxidation sites excluding steroid dienone is 1. The van der Waals surface area contributed by atoms with Crippen LogP contribution in [0, 0.1) is 0 Å². The maximum absolute atomic E-state index is 10.9. The van der Waals surface area contributed by atoms with Gasteiger partial charge in [-0.15, -0.1) is 0 Å². The molecular formula is C11H12NO4P. The second-order valence-corrected chi connectivity index (χ2v) is 5.43. The summed E-state index contributed by atoms with van der Waals surface area (Å²) in [6.07, 6.45) is 3.66. The van der Waals surface area contributed by atoms with Gasteiger partial charge in [-0.05, 0) is 11.6 Å². The fraction of sp³-hybridized carbons (Fsp3) is 0.182. The van der Waals surface area contributed by atoms with Crippen molar-refractivity contribution in [3.05, 3.63) is 42.0 Å². The standard InChI is InChI=1S/C11H12NO4P/c13-17(14,15)11-8-10(12-16-11)7-6-9-4-2-1-3-5-9/h1-7,11H,8H2,(H2,13,14,15). The summed E-state index contributed by atoms with van der Waals surface area (Å²) in [5.74, 6) is -1.14. The minimum absolute atomic E-state index is 0.133. The lowest BCUT2D eigenvalue weighted by Crippen LogP contribution is -2.07. The molecule has 5 nitrogen and oxygen atoms in total. The topological polar surface area (TPSA) is 79.1 Å². The number of oxime groups is 1. The fourth-order valence-corrected chi connectivity index (χ4v) is 2.01. The third-order valence-electron chi connectivity index (χ3n) is 2.32. The van der Waals surface area contributed by atoms with Gasteiger partial charge in [0.15, 0.2) is 0 Å². The van der Waals surface area contributed by atoms with Gasteiger partial charge >= 0.3 is 7.60 Å². The van der Waals surface area contributed by atoms with Crippen LogP contribution in [0.15, 0.2) is 41.6 Å². The smallest absolute Gasteiger partial charge is 0.368 e. The van der Waals surface area contributed by atoms with Crippen molar-refractivity contribution >= 4 is 19.4 Å². The number of nitrogens with zero attached hydrogens (tertiary/aromatic N) is 1. The van der Waals surface area contributed by atoms with Crippen LogP contribution in [0.3, 0.4) is 0 Å². The van der Waals surface area contributed by atoms with Crippen molar-refractivity contribution in [3.63, 3.8) is 0 Å². The first kappa shape index (κ1) is 12.0. The van der Waals surface area contributed by atoms with Gasteiger partial charge in [0.1, 0.15) is 0 Å². The van der Waals surface area contributed by atoms with Crippen LogP contribution in [0.2, 0.25) is 0 Å². The molecule has 6 heteroatoms. The number of benzene rings is 1. The highest BCUT2D eigenvalue weighted by Crippen LogP contribution is 2.45. The lowest BCUT2D eigenvalue weighted by Gasteiger charge is -2.08. The Bertz CT molecular complexity index is 491. The van der Waals surface area contributed by atoms with E-state index in [1.165, 1.54) is 0 Å². The van der Waals surface area contributed by atoms with Gasteiger partial charge < -0.3 is 14.6 Å². The van der Waals surface area contributed by atoms with Crippen molar-refractivity contribution in [3.8, 4) is 0 Å². The molecule has 0 radical (unpaired) electrons. The Hall–Kier alpha value is -1.42. The fourth-order valence-electron chi connectivity index (χ4n) is 1.42. The van der Waals surface area contributed by atoms with E-state index in [4.69, 9.17) is 14.6 Å². The summed E-state index contributed by atoms with van der Waals surface area (Å²) in [6, 6.07) is 9.58. The van der Waals surface area contributed by atoms with Crippen LogP contribution in [0.4, 0.5) is 0 Å². The van der Waals surface area contributed by atoms with Gasteiger partial charge in [0.2, 0.25) is 5.85 Å². The molecule has 17 heavy (non-hydrogen) atoms. The summed E-state index contributed by atoms with van der Waals surface area (Å²) in [4.78, 5) is 22.5. The summed E-state index contributed by atoms with van der Waals surface area (Å²) in [7, 11) is -4.22. The number of rotatable bonds is 3. The van der Waals surface area contributed by atoms with E-state index in [0.717, 1.165) is 5.56 Å². The van der Waals surface area contributed by atoms with Crippen molar-refractivity contribution in [2.45, 2.75) is 12.3 Å². The first-order valence-electron chi connectivity index (χ1n) is 5.07. The monoisotopic (exact) mass is 253 g/mol. The molecule has 0 bridgehead atoms. The van der Waals surface area contributed by atoms with Crippen LogP contribution >= 0.6 is 7.60 Å². The summed E-state index contributed by atoms with van der Waals surface area (Å²) in [6.45, 7) is 0. The molecule has 0 saturated heterocycles. The highest BCUT2D eigenvalue weighted by atomic mass is 31.2. The van der Waals surface area contributed by atoms with E-state index in [-0.39, 0.29) is 6.42 Å². The summed E-state index contributed by atoms with van der Waals surface area (Å²) >= 11 is 0. The van der Waals surface area contributed by atoms with Crippen LogP contribution < -0.4 is 0 Å². The number of hydrogen-bond donors (Lipinski definition) is 2.